The zero-order valence-electron chi connectivity index (χ0n) is 10.9. The van der Waals surface area contributed by atoms with Crippen LogP contribution in [0, 0.1) is 12.8 Å². The van der Waals surface area contributed by atoms with Gasteiger partial charge in [0.15, 0.2) is 0 Å². The van der Waals surface area contributed by atoms with Crippen LogP contribution in [0.2, 0.25) is 0 Å². The van der Waals surface area contributed by atoms with Gasteiger partial charge in [-0.05, 0) is 43.7 Å². The first-order valence-corrected chi connectivity index (χ1v) is 7.31. The normalized spacial score (nSPS) is 18.7. The van der Waals surface area contributed by atoms with Crippen molar-refractivity contribution in [3.63, 3.8) is 0 Å². The lowest BCUT2D eigenvalue weighted by atomic mass is 9.93. The minimum absolute atomic E-state index is 0.799. The highest BCUT2D eigenvalue weighted by atomic mass is 32.1. The number of fused-ring (bicyclic) bond motifs is 1. The third-order valence-corrected chi connectivity index (χ3v) is 4.95. The number of aromatic nitrogens is 1. The Kier molecular flexibility index (Phi) is 2.86. The van der Waals surface area contributed by atoms with Crippen LogP contribution in [0.5, 0.6) is 0 Å². The number of hydrogen-bond acceptors (Lipinski definition) is 3. The molecular weight excluding hydrogens is 240 g/mol. The standard InChI is InChI=1S/C15H18N2S/c1-9-6-7-13-14(8-9)18-15(17-13)11-4-3-5-12(16)10(11)2/h3-5,9H,6-8,16H2,1-2H3. The maximum absolute atomic E-state index is 5.98. The van der Waals surface area contributed by atoms with Gasteiger partial charge in [0.1, 0.15) is 5.01 Å². The number of nitrogen functional groups attached to an aromatic ring is 1. The number of benzene rings is 1. The van der Waals surface area contributed by atoms with Crippen LogP contribution in [0.1, 0.15) is 29.5 Å². The van der Waals surface area contributed by atoms with Crippen molar-refractivity contribution in [2.24, 2.45) is 5.92 Å². The lowest BCUT2D eigenvalue weighted by Crippen LogP contribution is -2.09. The molecule has 0 amide bonds. The van der Waals surface area contributed by atoms with Crippen molar-refractivity contribution in [3.8, 4) is 10.6 Å². The molecule has 2 nitrogen and oxygen atoms in total. The van der Waals surface area contributed by atoms with E-state index in [1.165, 1.54) is 29.0 Å². The second-order valence-electron chi connectivity index (χ2n) is 5.26. The summed E-state index contributed by atoms with van der Waals surface area (Å²) in [5, 5.41) is 1.14. The molecule has 0 aliphatic heterocycles. The molecule has 1 aliphatic carbocycles. The second-order valence-corrected chi connectivity index (χ2v) is 6.34. The predicted octanol–water partition coefficient (Wildman–Crippen LogP) is 3.83. The number of rotatable bonds is 1. The van der Waals surface area contributed by atoms with Crippen molar-refractivity contribution >= 4 is 17.0 Å². The van der Waals surface area contributed by atoms with E-state index < -0.39 is 0 Å². The molecule has 0 bridgehead atoms. The number of aryl methyl sites for hydroxylation is 1. The summed E-state index contributed by atoms with van der Waals surface area (Å²) in [6.07, 6.45) is 3.59. The van der Waals surface area contributed by atoms with Gasteiger partial charge >= 0.3 is 0 Å². The first-order chi connectivity index (χ1) is 8.65. The van der Waals surface area contributed by atoms with Crippen LogP contribution in [0.4, 0.5) is 5.69 Å². The summed E-state index contributed by atoms with van der Waals surface area (Å²) < 4.78 is 0. The summed E-state index contributed by atoms with van der Waals surface area (Å²) in [4.78, 5) is 6.30. The van der Waals surface area contributed by atoms with Gasteiger partial charge in [-0.3, -0.25) is 0 Å². The van der Waals surface area contributed by atoms with Gasteiger partial charge in [0.2, 0.25) is 0 Å². The monoisotopic (exact) mass is 258 g/mol. The molecule has 0 saturated heterocycles. The quantitative estimate of drug-likeness (QED) is 0.790. The van der Waals surface area contributed by atoms with E-state index in [1.54, 1.807) is 0 Å². The fourth-order valence-corrected chi connectivity index (χ4v) is 3.89. The van der Waals surface area contributed by atoms with Gasteiger partial charge in [0.25, 0.3) is 0 Å². The van der Waals surface area contributed by atoms with Crippen LogP contribution in [0.25, 0.3) is 10.6 Å². The number of thiazole rings is 1. The Labute approximate surface area is 112 Å². The van der Waals surface area contributed by atoms with Crippen LogP contribution >= 0.6 is 11.3 Å². The molecule has 0 saturated carbocycles. The Morgan fingerprint density at radius 3 is 3.06 bits per heavy atom. The molecule has 3 heteroatoms. The van der Waals surface area contributed by atoms with Crippen LogP contribution in [-0.4, -0.2) is 4.98 Å². The molecule has 2 aromatic rings. The van der Waals surface area contributed by atoms with Gasteiger partial charge in [-0.2, -0.15) is 0 Å². The topological polar surface area (TPSA) is 38.9 Å². The van der Waals surface area contributed by atoms with E-state index in [0.29, 0.717) is 0 Å². The Morgan fingerprint density at radius 2 is 2.22 bits per heavy atom. The van der Waals surface area contributed by atoms with Crippen LogP contribution in [0.3, 0.4) is 0 Å². The number of nitrogens with zero attached hydrogens (tertiary/aromatic N) is 1. The van der Waals surface area contributed by atoms with Crippen molar-refractivity contribution in [2.45, 2.75) is 33.1 Å². The summed E-state index contributed by atoms with van der Waals surface area (Å²) in [6.45, 7) is 4.40. The Morgan fingerprint density at radius 1 is 1.39 bits per heavy atom. The number of nitrogens with two attached hydrogens (primary N) is 1. The number of anilines is 1. The zero-order chi connectivity index (χ0) is 12.7. The van der Waals surface area contributed by atoms with Crippen molar-refractivity contribution in [1.29, 1.82) is 0 Å². The first kappa shape index (κ1) is 11.7. The van der Waals surface area contributed by atoms with Crippen molar-refractivity contribution in [3.05, 3.63) is 34.3 Å². The fraction of sp³-hybridized carbons (Fsp3) is 0.400. The predicted molar refractivity (Wildman–Crippen MR) is 77.9 cm³/mol. The molecule has 1 aromatic carbocycles. The van der Waals surface area contributed by atoms with E-state index in [4.69, 9.17) is 10.7 Å². The molecule has 1 aliphatic rings. The van der Waals surface area contributed by atoms with Gasteiger partial charge in [0.05, 0.1) is 5.69 Å². The summed E-state index contributed by atoms with van der Waals surface area (Å²) >= 11 is 1.85. The Balaban J connectivity index is 2.05. The van der Waals surface area contributed by atoms with Gasteiger partial charge in [0, 0.05) is 16.1 Å². The lowest BCUT2D eigenvalue weighted by molar-refractivity contribution is 0.502. The smallest absolute Gasteiger partial charge is 0.124 e. The molecule has 3 rings (SSSR count). The van der Waals surface area contributed by atoms with Crippen LogP contribution in [0.15, 0.2) is 18.2 Å². The van der Waals surface area contributed by atoms with Gasteiger partial charge in [-0.1, -0.05) is 19.1 Å². The zero-order valence-corrected chi connectivity index (χ0v) is 11.7. The minimum Gasteiger partial charge on any atom is -0.398 e. The summed E-state index contributed by atoms with van der Waals surface area (Å²) in [5.41, 5.74) is 10.5. The number of hydrogen-bond donors (Lipinski definition) is 1. The van der Waals surface area contributed by atoms with Crippen molar-refractivity contribution < 1.29 is 0 Å². The van der Waals surface area contributed by atoms with E-state index in [0.717, 1.165) is 28.6 Å². The Hall–Kier alpha value is -1.35. The highest BCUT2D eigenvalue weighted by Crippen LogP contribution is 2.36. The Bertz CT molecular complexity index is 586. The molecular formula is C15H18N2S. The molecule has 18 heavy (non-hydrogen) atoms. The molecule has 0 radical (unpaired) electrons. The molecule has 1 aromatic heterocycles. The van der Waals surface area contributed by atoms with E-state index in [2.05, 4.69) is 19.9 Å². The van der Waals surface area contributed by atoms with Gasteiger partial charge in [-0.25, -0.2) is 4.98 Å². The molecule has 1 heterocycles. The van der Waals surface area contributed by atoms with Crippen LogP contribution < -0.4 is 5.73 Å². The summed E-state index contributed by atoms with van der Waals surface area (Å²) in [5.74, 6) is 0.799. The largest absolute Gasteiger partial charge is 0.398 e. The third kappa shape index (κ3) is 1.93. The highest BCUT2D eigenvalue weighted by Gasteiger charge is 2.20. The molecule has 0 fully saturated rings. The molecule has 2 N–H and O–H groups in total. The average Bonchev–Trinajstić information content (AvgIpc) is 2.75. The summed E-state index contributed by atoms with van der Waals surface area (Å²) in [6, 6.07) is 6.09. The fourth-order valence-electron chi connectivity index (χ4n) is 2.54. The molecule has 1 unspecified atom stereocenters. The molecule has 1 atom stereocenters. The molecule has 0 spiro atoms. The third-order valence-electron chi connectivity index (χ3n) is 3.79. The van der Waals surface area contributed by atoms with Crippen molar-refractivity contribution in [2.75, 3.05) is 5.73 Å². The second kappa shape index (κ2) is 4.39. The van der Waals surface area contributed by atoms with Crippen molar-refractivity contribution in [1.82, 2.24) is 4.98 Å². The van der Waals surface area contributed by atoms with Gasteiger partial charge in [-0.15, -0.1) is 11.3 Å². The van der Waals surface area contributed by atoms with E-state index in [9.17, 15) is 0 Å². The molecule has 94 valence electrons. The van der Waals surface area contributed by atoms with Gasteiger partial charge < -0.3 is 5.73 Å². The SMILES string of the molecule is Cc1c(N)cccc1-c1nc2c(s1)CC(C)CC2. The van der Waals surface area contributed by atoms with Crippen LogP contribution in [-0.2, 0) is 12.8 Å². The maximum Gasteiger partial charge on any atom is 0.124 e. The highest BCUT2D eigenvalue weighted by molar-refractivity contribution is 7.15. The maximum atomic E-state index is 5.98. The van der Waals surface area contributed by atoms with E-state index >= 15 is 0 Å². The average molecular weight is 258 g/mol. The minimum atomic E-state index is 0.799. The van der Waals surface area contributed by atoms with E-state index in [1.807, 2.05) is 23.5 Å². The summed E-state index contributed by atoms with van der Waals surface area (Å²) in [7, 11) is 0. The first-order valence-electron chi connectivity index (χ1n) is 6.49. The lowest BCUT2D eigenvalue weighted by Gasteiger charge is -2.15. The van der Waals surface area contributed by atoms with E-state index in [-0.39, 0.29) is 0 Å².